The van der Waals surface area contributed by atoms with Crippen molar-refractivity contribution in [2.45, 2.75) is 271 Å². The summed E-state index contributed by atoms with van der Waals surface area (Å²) in [6.45, 7) is 15.9. The molecule has 0 aliphatic rings. The van der Waals surface area contributed by atoms with Crippen molar-refractivity contribution < 1.29 is 47.6 Å². The smallest absolute Gasteiger partial charge is 0.407 e. The van der Waals surface area contributed by atoms with E-state index in [1.54, 1.807) is 0 Å². The third-order valence-electron chi connectivity index (χ3n) is 13.7. The largest absolute Gasteiger partial charge is 0.502 e. The molecule has 0 saturated carbocycles. The summed E-state index contributed by atoms with van der Waals surface area (Å²) in [6.07, 6.45) is 46.9. The number of carbonyl (C=O) groups is 4. The van der Waals surface area contributed by atoms with Crippen molar-refractivity contribution >= 4 is 24.1 Å². The lowest BCUT2D eigenvalue weighted by Crippen LogP contribution is -2.26. The van der Waals surface area contributed by atoms with Gasteiger partial charge >= 0.3 is 24.1 Å². The fraction of sp³-hybridized carbons (Fsp3) is 0.867. The fourth-order valence-corrected chi connectivity index (χ4v) is 9.25. The number of nitrogens with one attached hydrogen (secondary N) is 2. The molecule has 0 aromatic rings. The van der Waals surface area contributed by atoms with Gasteiger partial charge in [0.1, 0.15) is 0 Å². The highest BCUT2D eigenvalue weighted by molar-refractivity contribution is 5.69. The number of hydrogen-bond acceptors (Lipinski definition) is 10. The Labute approximate surface area is 441 Å². The van der Waals surface area contributed by atoms with Crippen molar-refractivity contribution in [3.63, 3.8) is 0 Å². The molecule has 0 saturated heterocycles. The zero-order chi connectivity index (χ0) is 52.5. The van der Waals surface area contributed by atoms with Crippen LogP contribution in [0.2, 0.25) is 0 Å². The number of alkyl carbamates (subject to hydrolysis) is 2. The van der Waals surface area contributed by atoms with Gasteiger partial charge in [0, 0.05) is 25.9 Å². The first-order valence-electron chi connectivity index (χ1n) is 29.9. The summed E-state index contributed by atoms with van der Waals surface area (Å²) in [4.78, 5) is 47.9. The Morgan fingerprint density at radius 1 is 0.347 bits per heavy atom. The van der Waals surface area contributed by atoms with Gasteiger partial charge in [0.05, 0.1) is 52.2 Å². The van der Waals surface area contributed by atoms with E-state index in [2.05, 4.69) is 37.6 Å². The number of ether oxygens (including phenoxy) is 6. The summed E-state index contributed by atoms with van der Waals surface area (Å²) in [5.41, 5.74) is 0. The summed E-state index contributed by atoms with van der Waals surface area (Å²) in [5, 5.41) is 5.65. The van der Waals surface area contributed by atoms with Crippen LogP contribution in [0.1, 0.15) is 271 Å². The highest BCUT2D eigenvalue weighted by Gasteiger charge is 2.20. The van der Waals surface area contributed by atoms with Crippen LogP contribution in [0.3, 0.4) is 0 Å². The Balaban J connectivity index is 4.01. The van der Waals surface area contributed by atoms with Crippen LogP contribution in [-0.4, -0.2) is 76.9 Å². The minimum absolute atomic E-state index is 0.0593. The highest BCUT2D eigenvalue weighted by Crippen LogP contribution is 2.33. The van der Waals surface area contributed by atoms with Gasteiger partial charge in [-0.2, -0.15) is 0 Å². The van der Waals surface area contributed by atoms with Crippen molar-refractivity contribution in [2.24, 2.45) is 11.8 Å². The molecule has 0 aromatic carbocycles. The quantitative estimate of drug-likeness (QED) is 0.0261. The third kappa shape index (κ3) is 51.5. The maximum atomic E-state index is 12.2. The van der Waals surface area contributed by atoms with Gasteiger partial charge in [-0.05, 0) is 76.0 Å². The maximum Gasteiger partial charge on any atom is 0.407 e. The topological polar surface area (TPSA) is 148 Å². The lowest BCUT2D eigenvalue weighted by molar-refractivity contribution is -0.144. The van der Waals surface area contributed by atoms with Crippen LogP contribution in [0.15, 0.2) is 25.7 Å². The molecule has 0 spiro atoms. The average molecular weight is 1020 g/mol. The maximum absolute atomic E-state index is 12.2. The predicted octanol–water partition coefficient (Wildman–Crippen LogP) is 16.7. The molecule has 0 aliphatic carbocycles. The minimum atomic E-state index is -0.375. The monoisotopic (exact) mass is 1020 g/mol. The van der Waals surface area contributed by atoms with Gasteiger partial charge in [0.15, 0.2) is 0 Å². The number of rotatable bonds is 57. The van der Waals surface area contributed by atoms with E-state index in [0.717, 1.165) is 127 Å². The van der Waals surface area contributed by atoms with Crippen molar-refractivity contribution in [3.05, 3.63) is 25.7 Å². The van der Waals surface area contributed by atoms with Crippen LogP contribution in [-0.2, 0) is 38.0 Å². The Morgan fingerprint density at radius 2 is 0.625 bits per heavy atom. The molecule has 0 bridgehead atoms. The van der Waals surface area contributed by atoms with E-state index < -0.39 is 0 Å². The second-order valence-corrected chi connectivity index (χ2v) is 20.1. The van der Waals surface area contributed by atoms with E-state index >= 15 is 0 Å². The summed E-state index contributed by atoms with van der Waals surface area (Å²) < 4.78 is 31.4. The Morgan fingerprint density at radius 3 is 0.986 bits per heavy atom. The SMILES string of the molecule is C=COCCCCOC(=O)CCCCCCCCC(=O)OCCCCCCCCCC(CCCCC)C(CCCCC)CCCCCCCCCOC(=O)NCCCCCCNC(=O)OCCCCOC=C. The molecule has 2 amide bonds. The normalized spacial score (nSPS) is 11.9. The molecular weight excluding hydrogens is 909 g/mol. The highest BCUT2D eigenvalue weighted by atomic mass is 16.6. The Hall–Kier alpha value is -3.44. The second kappa shape index (κ2) is 56.8. The summed E-state index contributed by atoms with van der Waals surface area (Å²) in [7, 11) is 0. The number of carbonyl (C=O) groups excluding carboxylic acids is 4. The molecule has 0 aromatic heterocycles. The first-order valence-corrected chi connectivity index (χ1v) is 29.9. The van der Waals surface area contributed by atoms with E-state index in [1.807, 2.05) is 0 Å². The molecule has 12 nitrogen and oxygen atoms in total. The third-order valence-corrected chi connectivity index (χ3v) is 13.7. The Kier molecular flexibility index (Phi) is 54.1. The number of hydrogen-bond donors (Lipinski definition) is 2. The van der Waals surface area contributed by atoms with Crippen molar-refractivity contribution in [1.29, 1.82) is 0 Å². The summed E-state index contributed by atoms with van der Waals surface area (Å²) in [5.74, 6) is 1.58. The number of amides is 2. The van der Waals surface area contributed by atoms with E-state index in [4.69, 9.17) is 28.4 Å². The second-order valence-electron chi connectivity index (χ2n) is 20.1. The molecule has 72 heavy (non-hydrogen) atoms. The summed E-state index contributed by atoms with van der Waals surface area (Å²) in [6, 6.07) is 0. The standard InChI is InChI=1S/C60H112N2O10/c1-5-9-27-41-55(43-29-19-13-11-17-25-35-51-69-57(63)45-31-21-15-16-22-32-46-58(64)70-52-39-37-49-67-7-3)56(42-28-10-6-2)44-30-20-14-12-18-26-36-53-71-59(65)61-47-33-23-24-34-48-62-60(66)72-54-40-38-50-68-8-4/h7-8,55-56H,3-6,9-54H2,1-2H3,(H,61,65)(H,62,66). The van der Waals surface area contributed by atoms with Crippen LogP contribution in [0.4, 0.5) is 9.59 Å². The van der Waals surface area contributed by atoms with Crippen LogP contribution in [0.5, 0.6) is 0 Å². The van der Waals surface area contributed by atoms with Crippen molar-refractivity contribution in [3.8, 4) is 0 Å². The van der Waals surface area contributed by atoms with Gasteiger partial charge in [-0.1, -0.05) is 207 Å². The molecule has 2 unspecified atom stereocenters. The molecule has 0 fully saturated rings. The van der Waals surface area contributed by atoms with Gasteiger partial charge in [0.2, 0.25) is 0 Å². The molecule has 0 radical (unpaired) electrons. The first kappa shape index (κ1) is 68.6. The predicted molar refractivity (Wildman–Crippen MR) is 296 cm³/mol. The van der Waals surface area contributed by atoms with Crippen LogP contribution in [0.25, 0.3) is 0 Å². The number of esters is 2. The molecule has 0 heterocycles. The fourth-order valence-electron chi connectivity index (χ4n) is 9.25. The lowest BCUT2D eigenvalue weighted by Gasteiger charge is -2.28. The number of unbranched alkanes of at least 4 members (excludes halogenated alkanes) is 26. The zero-order valence-corrected chi connectivity index (χ0v) is 46.7. The lowest BCUT2D eigenvalue weighted by atomic mass is 9.78. The molecular formula is C60H112N2O10. The van der Waals surface area contributed by atoms with Crippen LogP contribution < -0.4 is 10.6 Å². The van der Waals surface area contributed by atoms with Gasteiger partial charge in [0.25, 0.3) is 0 Å². The van der Waals surface area contributed by atoms with E-state index in [9.17, 15) is 19.2 Å². The molecule has 12 heteroatoms. The van der Waals surface area contributed by atoms with Crippen molar-refractivity contribution in [2.75, 3.05) is 52.7 Å². The van der Waals surface area contributed by atoms with Gasteiger partial charge < -0.3 is 39.1 Å². The first-order chi connectivity index (χ1) is 35.4. The van der Waals surface area contributed by atoms with Crippen molar-refractivity contribution in [1.82, 2.24) is 10.6 Å². The zero-order valence-electron chi connectivity index (χ0n) is 46.7. The molecule has 422 valence electrons. The van der Waals surface area contributed by atoms with Gasteiger partial charge in [-0.15, -0.1) is 0 Å². The molecule has 0 aliphatic heterocycles. The van der Waals surface area contributed by atoms with E-state index in [-0.39, 0.29) is 24.1 Å². The van der Waals surface area contributed by atoms with Gasteiger partial charge in [-0.3, -0.25) is 9.59 Å². The van der Waals surface area contributed by atoms with Gasteiger partial charge in [-0.25, -0.2) is 9.59 Å². The molecule has 0 rings (SSSR count). The van der Waals surface area contributed by atoms with Crippen LogP contribution in [0, 0.1) is 11.8 Å². The minimum Gasteiger partial charge on any atom is -0.502 e. The average Bonchev–Trinajstić information content (AvgIpc) is 3.37. The molecule has 2 atom stereocenters. The van der Waals surface area contributed by atoms with E-state index in [0.29, 0.717) is 65.6 Å². The van der Waals surface area contributed by atoms with Crippen LogP contribution >= 0.6 is 0 Å². The Bertz CT molecular complexity index is 1140. The summed E-state index contributed by atoms with van der Waals surface area (Å²) >= 11 is 0. The molecule has 2 N–H and O–H groups in total. The van der Waals surface area contributed by atoms with E-state index in [1.165, 1.54) is 141 Å².